The third-order valence-electron chi connectivity index (χ3n) is 3.85. The molecule has 2 atom stereocenters. The Bertz CT molecular complexity index is 557. The van der Waals surface area contributed by atoms with Crippen molar-refractivity contribution in [2.45, 2.75) is 19.4 Å². The number of likely N-dealkylation sites (tertiary alicyclic amines) is 1. The van der Waals surface area contributed by atoms with Crippen LogP contribution in [0.25, 0.3) is 0 Å². The van der Waals surface area contributed by atoms with E-state index in [4.69, 9.17) is 9.47 Å². The summed E-state index contributed by atoms with van der Waals surface area (Å²) in [4.78, 5) is 25.5. The number of ether oxygens (including phenoxy) is 2. The van der Waals surface area contributed by atoms with E-state index in [2.05, 4.69) is 0 Å². The third kappa shape index (κ3) is 2.66. The predicted octanol–water partition coefficient (Wildman–Crippen LogP) is 1.64. The molecule has 6 heteroatoms. The van der Waals surface area contributed by atoms with E-state index in [-0.39, 0.29) is 11.8 Å². The van der Waals surface area contributed by atoms with Crippen LogP contribution in [0.5, 0.6) is 11.5 Å². The molecule has 1 fully saturated rings. The fourth-order valence-corrected chi connectivity index (χ4v) is 2.76. The Labute approximate surface area is 123 Å². The number of rotatable bonds is 4. The molecule has 1 amide bonds. The summed E-state index contributed by atoms with van der Waals surface area (Å²) in [5.41, 5.74) is 0.317. The topological polar surface area (TPSA) is 76.1 Å². The van der Waals surface area contributed by atoms with Crippen LogP contribution in [0.4, 0.5) is 0 Å². The maximum Gasteiger partial charge on any atom is 0.326 e. The van der Waals surface area contributed by atoms with E-state index in [1.165, 1.54) is 19.1 Å². The van der Waals surface area contributed by atoms with Crippen LogP contribution in [0.3, 0.4) is 0 Å². The second kappa shape index (κ2) is 6.03. The summed E-state index contributed by atoms with van der Waals surface area (Å²) in [6, 6.07) is 4.19. The average Bonchev–Trinajstić information content (AvgIpc) is 2.87. The molecule has 1 saturated heterocycles. The normalized spacial score (nSPS) is 21.2. The Morgan fingerprint density at radius 2 is 2.00 bits per heavy atom. The number of carboxylic acids is 1. The van der Waals surface area contributed by atoms with Gasteiger partial charge in [-0.1, -0.05) is 13.0 Å². The highest BCUT2D eigenvalue weighted by molar-refractivity contribution is 6.00. The molecular weight excluding hydrogens is 274 g/mol. The smallest absolute Gasteiger partial charge is 0.326 e. The molecule has 2 unspecified atom stereocenters. The van der Waals surface area contributed by atoms with Crippen molar-refractivity contribution >= 4 is 11.9 Å². The highest BCUT2D eigenvalue weighted by Crippen LogP contribution is 2.34. The summed E-state index contributed by atoms with van der Waals surface area (Å²) in [7, 11) is 2.94. The van der Waals surface area contributed by atoms with E-state index < -0.39 is 12.0 Å². The van der Waals surface area contributed by atoms with E-state index in [9.17, 15) is 14.7 Å². The Balaban J connectivity index is 2.38. The van der Waals surface area contributed by atoms with Crippen molar-refractivity contribution in [2.75, 3.05) is 20.8 Å². The number of para-hydroxylation sites is 1. The quantitative estimate of drug-likeness (QED) is 0.913. The lowest BCUT2D eigenvalue weighted by molar-refractivity contribution is -0.142. The third-order valence-corrected chi connectivity index (χ3v) is 3.85. The van der Waals surface area contributed by atoms with Crippen LogP contribution < -0.4 is 9.47 Å². The zero-order chi connectivity index (χ0) is 15.6. The van der Waals surface area contributed by atoms with Crippen molar-refractivity contribution in [2.24, 2.45) is 5.92 Å². The van der Waals surface area contributed by atoms with Gasteiger partial charge in [0.05, 0.1) is 19.8 Å². The lowest BCUT2D eigenvalue weighted by Gasteiger charge is -2.24. The van der Waals surface area contributed by atoms with E-state index in [1.807, 2.05) is 6.92 Å². The zero-order valence-electron chi connectivity index (χ0n) is 12.3. The number of nitrogens with zero attached hydrogens (tertiary/aromatic N) is 1. The Hall–Kier alpha value is -2.24. The number of amides is 1. The predicted molar refractivity (Wildman–Crippen MR) is 75.8 cm³/mol. The first-order valence-corrected chi connectivity index (χ1v) is 6.76. The summed E-state index contributed by atoms with van der Waals surface area (Å²) in [5.74, 6) is -0.614. The molecule has 2 rings (SSSR count). The van der Waals surface area contributed by atoms with Crippen LogP contribution in [-0.4, -0.2) is 48.7 Å². The fourth-order valence-electron chi connectivity index (χ4n) is 2.76. The van der Waals surface area contributed by atoms with E-state index >= 15 is 0 Å². The molecule has 0 aliphatic carbocycles. The molecule has 1 aromatic rings. The van der Waals surface area contributed by atoms with Gasteiger partial charge in [-0.2, -0.15) is 0 Å². The van der Waals surface area contributed by atoms with Crippen molar-refractivity contribution in [3.63, 3.8) is 0 Å². The maximum absolute atomic E-state index is 12.7. The van der Waals surface area contributed by atoms with Crippen LogP contribution in [0.15, 0.2) is 18.2 Å². The molecule has 1 N–H and O–H groups in total. The van der Waals surface area contributed by atoms with Gasteiger partial charge in [0, 0.05) is 6.54 Å². The minimum atomic E-state index is -0.977. The highest BCUT2D eigenvalue weighted by Gasteiger charge is 2.40. The zero-order valence-corrected chi connectivity index (χ0v) is 12.3. The van der Waals surface area contributed by atoms with Gasteiger partial charge in [0.15, 0.2) is 11.5 Å². The van der Waals surface area contributed by atoms with Gasteiger partial charge in [0.2, 0.25) is 0 Å². The average molecular weight is 293 g/mol. The summed E-state index contributed by atoms with van der Waals surface area (Å²) < 4.78 is 10.4. The molecule has 1 heterocycles. The van der Waals surface area contributed by atoms with Gasteiger partial charge in [0.1, 0.15) is 6.04 Å². The van der Waals surface area contributed by atoms with E-state index in [0.717, 1.165) is 0 Å². The number of carbonyl (C=O) groups is 2. The monoisotopic (exact) mass is 293 g/mol. The Morgan fingerprint density at radius 1 is 1.29 bits per heavy atom. The minimum Gasteiger partial charge on any atom is -0.493 e. The first-order valence-electron chi connectivity index (χ1n) is 6.76. The van der Waals surface area contributed by atoms with Crippen LogP contribution in [0.2, 0.25) is 0 Å². The number of aliphatic carboxylic acids is 1. The highest BCUT2D eigenvalue weighted by atomic mass is 16.5. The van der Waals surface area contributed by atoms with Crippen molar-refractivity contribution in [3.8, 4) is 11.5 Å². The molecular formula is C15H19NO5. The van der Waals surface area contributed by atoms with Gasteiger partial charge in [-0.25, -0.2) is 4.79 Å². The lowest BCUT2D eigenvalue weighted by Crippen LogP contribution is -2.42. The number of benzene rings is 1. The molecule has 6 nitrogen and oxygen atoms in total. The summed E-state index contributed by atoms with van der Waals surface area (Å²) in [6.07, 6.45) is 0.676. The minimum absolute atomic E-state index is 0.0666. The Morgan fingerprint density at radius 3 is 2.57 bits per heavy atom. The summed E-state index contributed by atoms with van der Waals surface area (Å²) in [6.45, 7) is 2.27. The van der Waals surface area contributed by atoms with Crippen LogP contribution in [-0.2, 0) is 4.79 Å². The van der Waals surface area contributed by atoms with Crippen LogP contribution in [0, 0.1) is 5.92 Å². The number of methoxy groups -OCH3 is 2. The number of carbonyl (C=O) groups excluding carboxylic acids is 1. The second-order valence-corrected chi connectivity index (χ2v) is 5.09. The molecule has 0 radical (unpaired) electrons. The van der Waals surface area contributed by atoms with Gasteiger partial charge in [-0.05, 0) is 24.5 Å². The van der Waals surface area contributed by atoms with Gasteiger partial charge in [-0.15, -0.1) is 0 Å². The largest absolute Gasteiger partial charge is 0.493 e. The fraction of sp³-hybridized carbons (Fsp3) is 0.467. The van der Waals surface area contributed by atoms with Crippen molar-refractivity contribution < 1.29 is 24.2 Å². The lowest BCUT2D eigenvalue weighted by atomic mass is 10.0. The van der Waals surface area contributed by atoms with E-state index in [0.29, 0.717) is 30.0 Å². The molecule has 1 aliphatic heterocycles. The molecule has 0 aromatic heterocycles. The van der Waals surface area contributed by atoms with Gasteiger partial charge in [-0.3, -0.25) is 4.79 Å². The van der Waals surface area contributed by atoms with Crippen LogP contribution in [0.1, 0.15) is 23.7 Å². The van der Waals surface area contributed by atoms with E-state index in [1.54, 1.807) is 18.2 Å². The Kier molecular flexibility index (Phi) is 4.35. The van der Waals surface area contributed by atoms with Gasteiger partial charge >= 0.3 is 5.97 Å². The second-order valence-electron chi connectivity index (χ2n) is 5.09. The molecule has 0 spiro atoms. The number of hydrogen-bond donors (Lipinski definition) is 1. The molecule has 0 saturated carbocycles. The van der Waals surface area contributed by atoms with Gasteiger partial charge in [0.25, 0.3) is 5.91 Å². The molecule has 0 bridgehead atoms. The maximum atomic E-state index is 12.7. The summed E-state index contributed by atoms with van der Waals surface area (Å²) in [5, 5.41) is 9.33. The molecule has 21 heavy (non-hydrogen) atoms. The molecule has 114 valence electrons. The number of hydrogen-bond acceptors (Lipinski definition) is 4. The van der Waals surface area contributed by atoms with Crippen molar-refractivity contribution in [1.82, 2.24) is 4.90 Å². The van der Waals surface area contributed by atoms with Crippen LogP contribution >= 0.6 is 0 Å². The van der Waals surface area contributed by atoms with Crippen molar-refractivity contribution in [3.05, 3.63) is 23.8 Å². The van der Waals surface area contributed by atoms with Crippen molar-refractivity contribution in [1.29, 1.82) is 0 Å². The summed E-state index contributed by atoms with van der Waals surface area (Å²) >= 11 is 0. The molecule has 1 aromatic carbocycles. The molecule has 1 aliphatic rings. The first-order chi connectivity index (χ1) is 10.0. The standard InChI is InChI=1S/C15H19NO5/c1-9-7-8-16(12(9)15(18)19)14(17)10-5-4-6-11(20-2)13(10)21-3/h4-6,9,12H,7-8H2,1-3H3,(H,18,19). The first kappa shape index (κ1) is 15.2. The number of carboxylic acid groups (broad SMARTS) is 1. The SMILES string of the molecule is COc1cccc(C(=O)N2CCC(C)C2C(=O)O)c1OC. The van der Waals surface area contributed by atoms with Gasteiger partial charge < -0.3 is 19.5 Å².